The van der Waals surface area contributed by atoms with Crippen LogP contribution < -0.4 is 5.32 Å². The summed E-state index contributed by atoms with van der Waals surface area (Å²) in [5.41, 5.74) is 0.768. The average molecular weight is 263 g/mol. The number of benzene rings is 1. The molecule has 0 radical (unpaired) electrons. The Morgan fingerprint density at radius 1 is 1.26 bits per heavy atom. The van der Waals surface area contributed by atoms with Crippen LogP contribution in [0.4, 0.5) is 10.1 Å². The quantitative estimate of drug-likeness (QED) is 0.859. The fourth-order valence-electron chi connectivity index (χ4n) is 1.66. The Morgan fingerprint density at radius 2 is 1.95 bits per heavy atom. The zero-order valence-corrected chi connectivity index (χ0v) is 10.6. The number of ether oxygens (including phenoxy) is 1. The van der Waals surface area contributed by atoms with Gasteiger partial charge in [0.2, 0.25) is 5.76 Å². The Balaban J connectivity index is 2.07. The van der Waals surface area contributed by atoms with Gasteiger partial charge in [0, 0.05) is 5.69 Å². The largest absolute Gasteiger partial charge is 0.463 e. The van der Waals surface area contributed by atoms with E-state index >= 15 is 0 Å². The Labute approximate surface area is 110 Å². The first-order valence-electron chi connectivity index (χ1n) is 5.80. The monoisotopic (exact) mass is 263 g/mol. The molecular weight excluding hydrogens is 249 g/mol. The fraction of sp³-hybridized carbons (Fsp3) is 0.214. The van der Waals surface area contributed by atoms with Crippen molar-refractivity contribution in [1.29, 1.82) is 0 Å². The normalized spacial score (nSPS) is 11.9. The molecule has 0 saturated heterocycles. The summed E-state index contributed by atoms with van der Waals surface area (Å²) in [5.74, 6) is -0.0422. The topological polar surface area (TPSA) is 51.5 Å². The van der Waals surface area contributed by atoms with Crippen molar-refractivity contribution in [2.24, 2.45) is 0 Å². The van der Waals surface area contributed by atoms with E-state index in [0.29, 0.717) is 5.76 Å². The number of hydrogen-bond acceptors (Lipinski definition) is 4. The molecule has 0 fully saturated rings. The highest BCUT2D eigenvalue weighted by molar-refractivity contribution is 5.86. The van der Waals surface area contributed by atoms with E-state index in [0.717, 1.165) is 5.69 Å². The molecular formula is C14H14FNO3. The number of methoxy groups -OCH3 is 1. The van der Waals surface area contributed by atoms with E-state index in [1.165, 1.54) is 19.2 Å². The van der Waals surface area contributed by atoms with Crippen molar-refractivity contribution in [3.63, 3.8) is 0 Å². The summed E-state index contributed by atoms with van der Waals surface area (Å²) in [5, 5.41) is 3.14. The van der Waals surface area contributed by atoms with Gasteiger partial charge in [0.25, 0.3) is 0 Å². The van der Waals surface area contributed by atoms with E-state index in [1.807, 2.05) is 6.92 Å². The van der Waals surface area contributed by atoms with E-state index in [1.54, 1.807) is 24.3 Å². The maximum atomic E-state index is 12.8. The maximum Gasteiger partial charge on any atom is 0.373 e. The van der Waals surface area contributed by atoms with Gasteiger partial charge in [0.05, 0.1) is 13.2 Å². The minimum Gasteiger partial charge on any atom is -0.463 e. The van der Waals surface area contributed by atoms with Crippen LogP contribution in [0.1, 0.15) is 29.3 Å². The van der Waals surface area contributed by atoms with Gasteiger partial charge in [0.15, 0.2) is 0 Å². The van der Waals surface area contributed by atoms with E-state index in [-0.39, 0.29) is 17.6 Å². The van der Waals surface area contributed by atoms with Crippen LogP contribution in [0.5, 0.6) is 0 Å². The van der Waals surface area contributed by atoms with Crippen molar-refractivity contribution >= 4 is 11.7 Å². The molecule has 5 heteroatoms. The van der Waals surface area contributed by atoms with Gasteiger partial charge in [-0.2, -0.15) is 0 Å². The molecule has 0 bridgehead atoms. The number of hydrogen-bond donors (Lipinski definition) is 1. The van der Waals surface area contributed by atoms with Crippen LogP contribution in [-0.2, 0) is 4.74 Å². The summed E-state index contributed by atoms with van der Waals surface area (Å²) >= 11 is 0. The standard InChI is InChI=1S/C14H14FNO3/c1-9(16-11-5-3-10(15)4-6-11)12-7-8-13(19-12)14(17)18-2/h3-9,16H,1-2H3. The maximum absolute atomic E-state index is 12.8. The van der Waals surface area contributed by atoms with E-state index in [9.17, 15) is 9.18 Å². The number of esters is 1. The lowest BCUT2D eigenvalue weighted by Crippen LogP contribution is -2.05. The van der Waals surface area contributed by atoms with Gasteiger partial charge in [-0.1, -0.05) is 0 Å². The summed E-state index contributed by atoms with van der Waals surface area (Å²) in [6, 6.07) is 9.13. The van der Waals surface area contributed by atoms with Gasteiger partial charge in [-0.05, 0) is 43.3 Å². The van der Waals surface area contributed by atoms with E-state index in [4.69, 9.17) is 4.42 Å². The lowest BCUT2D eigenvalue weighted by Gasteiger charge is -2.12. The minimum atomic E-state index is -0.514. The van der Waals surface area contributed by atoms with Crippen molar-refractivity contribution in [1.82, 2.24) is 0 Å². The van der Waals surface area contributed by atoms with Crippen LogP contribution in [0.3, 0.4) is 0 Å². The van der Waals surface area contributed by atoms with Gasteiger partial charge in [-0.25, -0.2) is 9.18 Å². The van der Waals surface area contributed by atoms with Crippen LogP contribution >= 0.6 is 0 Å². The zero-order valence-electron chi connectivity index (χ0n) is 10.6. The van der Waals surface area contributed by atoms with Gasteiger partial charge in [0.1, 0.15) is 11.6 Å². The summed E-state index contributed by atoms with van der Waals surface area (Å²) < 4.78 is 22.7. The molecule has 1 aromatic heterocycles. The Morgan fingerprint density at radius 3 is 2.58 bits per heavy atom. The molecule has 1 unspecified atom stereocenters. The van der Waals surface area contributed by atoms with Crippen LogP contribution in [0.2, 0.25) is 0 Å². The molecule has 19 heavy (non-hydrogen) atoms. The fourth-order valence-corrected chi connectivity index (χ4v) is 1.66. The van der Waals surface area contributed by atoms with Crippen LogP contribution in [0.15, 0.2) is 40.8 Å². The Hall–Kier alpha value is -2.30. The smallest absolute Gasteiger partial charge is 0.373 e. The zero-order chi connectivity index (χ0) is 13.8. The molecule has 0 aliphatic rings. The molecule has 1 N–H and O–H groups in total. The molecule has 0 spiro atoms. The van der Waals surface area contributed by atoms with Gasteiger partial charge in [-0.15, -0.1) is 0 Å². The van der Waals surface area contributed by atoms with E-state index < -0.39 is 5.97 Å². The van der Waals surface area contributed by atoms with Gasteiger partial charge < -0.3 is 14.5 Å². The van der Waals surface area contributed by atoms with Crippen LogP contribution in [-0.4, -0.2) is 13.1 Å². The van der Waals surface area contributed by atoms with Crippen molar-refractivity contribution in [2.75, 3.05) is 12.4 Å². The molecule has 0 aliphatic heterocycles. The Kier molecular flexibility index (Phi) is 3.85. The summed E-state index contributed by atoms with van der Waals surface area (Å²) in [6.45, 7) is 1.88. The molecule has 2 aromatic rings. The predicted molar refractivity (Wildman–Crippen MR) is 68.5 cm³/mol. The van der Waals surface area contributed by atoms with Crippen LogP contribution in [0, 0.1) is 5.82 Å². The van der Waals surface area contributed by atoms with E-state index in [2.05, 4.69) is 10.1 Å². The SMILES string of the molecule is COC(=O)c1ccc(C(C)Nc2ccc(F)cc2)o1. The minimum absolute atomic E-state index is 0.149. The summed E-state index contributed by atoms with van der Waals surface area (Å²) in [7, 11) is 1.30. The molecule has 1 aromatic carbocycles. The highest BCUT2D eigenvalue weighted by Crippen LogP contribution is 2.21. The lowest BCUT2D eigenvalue weighted by molar-refractivity contribution is 0.0562. The molecule has 4 nitrogen and oxygen atoms in total. The molecule has 0 saturated carbocycles. The van der Waals surface area contributed by atoms with Crippen molar-refractivity contribution in [2.45, 2.75) is 13.0 Å². The number of nitrogens with one attached hydrogen (secondary N) is 1. The number of rotatable bonds is 4. The molecule has 100 valence electrons. The third-order valence-corrected chi connectivity index (χ3v) is 2.67. The first-order chi connectivity index (χ1) is 9.10. The lowest BCUT2D eigenvalue weighted by atomic mass is 10.2. The van der Waals surface area contributed by atoms with Gasteiger partial charge in [-0.3, -0.25) is 0 Å². The highest BCUT2D eigenvalue weighted by Gasteiger charge is 2.15. The molecule has 2 rings (SSSR count). The second kappa shape index (κ2) is 5.56. The molecule has 1 heterocycles. The first kappa shape index (κ1) is 13.1. The number of carbonyl (C=O) groups excluding carboxylic acids is 1. The third kappa shape index (κ3) is 3.13. The van der Waals surface area contributed by atoms with Crippen LogP contribution in [0.25, 0.3) is 0 Å². The number of carbonyl (C=O) groups is 1. The van der Waals surface area contributed by atoms with Crippen molar-refractivity contribution in [3.05, 3.63) is 53.7 Å². The number of furan rings is 1. The summed E-state index contributed by atoms with van der Waals surface area (Å²) in [6.07, 6.45) is 0. The number of anilines is 1. The predicted octanol–water partition coefficient (Wildman–Crippen LogP) is 3.38. The molecule has 1 atom stereocenters. The second-order valence-corrected chi connectivity index (χ2v) is 4.07. The second-order valence-electron chi connectivity index (χ2n) is 4.07. The first-order valence-corrected chi connectivity index (χ1v) is 5.80. The Bertz CT molecular complexity index is 562. The third-order valence-electron chi connectivity index (χ3n) is 2.67. The van der Waals surface area contributed by atoms with Crippen molar-refractivity contribution < 1.29 is 18.3 Å². The van der Waals surface area contributed by atoms with Gasteiger partial charge >= 0.3 is 5.97 Å². The molecule has 0 aliphatic carbocycles. The number of halogens is 1. The highest BCUT2D eigenvalue weighted by atomic mass is 19.1. The average Bonchev–Trinajstić information content (AvgIpc) is 2.90. The molecule has 0 amide bonds. The van der Waals surface area contributed by atoms with Crippen molar-refractivity contribution in [3.8, 4) is 0 Å². The summed E-state index contributed by atoms with van der Waals surface area (Å²) in [4.78, 5) is 11.3.